The first-order valence-electron chi connectivity index (χ1n) is 4.88. The smallest absolute Gasteiger partial charge is 0.112 e. The largest absolute Gasteiger partial charge is 0.329 e. The number of hydrogen-bond acceptors (Lipinski definition) is 1. The van der Waals surface area contributed by atoms with E-state index in [1.165, 1.54) is 5.82 Å². The molecule has 2 heteroatoms. The molecule has 0 amide bonds. The van der Waals surface area contributed by atoms with Crippen molar-refractivity contribution in [3.8, 4) is 0 Å². The summed E-state index contributed by atoms with van der Waals surface area (Å²) >= 11 is 0. The Morgan fingerprint density at radius 3 is 2.15 bits per heavy atom. The number of hydrogen-bond donors (Lipinski definition) is 0. The fourth-order valence-corrected chi connectivity index (χ4v) is 1.46. The summed E-state index contributed by atoms with van der Waals surface area (Å²) in [4.78, 5) is 4.54. The van der Waals surface area contributed by atoms with E-state index >= 15 is 0 Å². The van der Waals surface area contributed by atoms with Gasteiger partial charge in [-0.2, -0.15) is 0 Å². The molecule has 1 heterocycles. The molecule has 13 heavy (non-hydrogen) atoms. The highest BCUT2D eigenvalue weighted by Crippen LogP contribution is 2.22. The molecule has 0 aliphatic heterocycles. The predicted octanol–water partition coefficient (Wildman–Crippen LogP) is 3.07. The van der Waals surface area contributed by atoms with Crippen LogP contribution in [-0.4, -0.2) is 9.55 Å². The molecule has 1 rings (SSSR count). The molecule has 74 valence electrons. The maximum Gasteiger partial charge on any atom is 0.112 e. The average molecular weight is 180 g/mol. The van der Waals surface area contributed by atoms with Crippen molar-refractivity contribution in [1.82, 2.24) is 9.55 Å². The molecule has 0 unspecified atom stereocenters. The van der Waals surface area contributed by atoms with E-state index in [2.05, 4.69) is 50.4 Å². The van der Waals surface area contributed by atoms with Crippen molar-refractivity contribution in [2.45, 2.75) is 53.0 Å². The van der Waals surface area contributed by atoms with Crippen LogP contribution in [-0.2, 0) is 5.54 Å². The van der Waals surface area contributed by atoms with E-state index in [1.54, 1.807) is 0 Å². The van der Waals surface area contributed by atoms with E-state index in [4.69, 9.17) is 0 Å². The van der Waals surface area contributed by atoms with Crippen molar-refractivity contribution < 1.29 is 0 Å². The second-order valence-electron chi connectivity index (χ2n) is 4.94. The van der Waals surface area contributed by atoms with Crippen LogP contribution < -0.4 is 0 Å². The van der Waals surface area contributed by atoms with Crippen molar-refractivity contribution in [2.24, 2.45) is 0 Å². The van der Waals surface area contributed by atoms with Crippen LogP contribution in [0.5, 0.6) is 0 Å². The van der Waals surface area contributed by atoms with Crippen molar-refractivity contribution >= 4 is 0 Å². The van der Waals surface area contributed by atoms with Gasteiger partial charge in [0.2, 0.25) is 0 Å². The molecule has 0 radical (unpaired) electrons. The highest BCUT2D eigenvalue weighted by molar-refractivity contribution is 5.08. The van der Waals surface area contributed by atoms with Gasteiger partial charge < -0.3 is 4.57 Å². The molecule has 0 spiro atoms. The Kier molecular flexibility index (Phi) is 2.51. The van der Waals surface area contributed by atoms with Gasteiger partial charge in [0, 0.05) is 17.7 Å². The van der Waals surface area contributed by atoms with Crippen molar-refractivity contribution in [3.63, 3.8) is 0 Å². The van der Waals surface area contributed by atoms with E-state index in [1.807, 2.05) is 6.92 Å². The fraction of sp³-hybridized carbons (Fsp3) is 0.727. The van der Waals surface area contributed by atoms with E-state index in [0.29, 0.717) is 5.92 Å². The van der Waals surface area contributed by atoms with Gasteiger partial charge in [-0.15, -0.1) is 0 Å². The number of nitrogens with zero attached hydrogens (tertiary/aromatic N) is 2. The summed E-state index contributed by atoms with van der Waals surface area (Å²) in [5.41, 5.74) is 1.25. The van der Waals surface area contributed by atoms with Crippen LogP contribution in [0.15, 0.2) is 6.20 Å². The lowest BCUT2D eigenvalue weighted by Gasteiger charge is -2.24. The Hall–Kier alpha value is -0.790. The first kappa shape index (κ1) is 10.3. The van der Waals surface area contributed by atoms with Crippen LogP contribution in [0.25, 0.3) is 0 Å². The number of rotatable bonds is 1. The second kappa shape index (κ2) is 3.17. The maximum absolute atomic E-state index is 4.54. The second-order valence-corrected chi connectivity index (χ2v) is 4.94. The number of imidazole rings is 1. The van der Waals surface area contributed by atoms with Gasteiger partial charge >= 0.3 is 0 Å². The molecule has 1 aromatic rings. The van der Waals surface area contributed by atoms with Gasteiger partial charge in [0.25, 0.3) is 0 Å². The van der Waals surface area contributed by atoms with Crippen LogP contribution in [0.2, 0.25) is 0 Å². The Labute approximate surface area is 81.0 Å². The van der Waals surface area contributed by atoms with Gasteiger partial charge in [0.15, 0.2) is 0 Å². The molecule has 0 atom stereocenters. The van der Waals surface area contributed by atoms with Crippen molar-refractivity contribution in [1.29, 1.82) is 0 Å². The Balaban J connectivity index is 3.20. The Morgan fingerprint density at radius 2 is 1.85 bits per heavy atom. The summed E-state index contributed by atoms with van der Waals surface area (Å²) in [6, 6.07) is 0. The lowest BCUT2D eigenvalue weighted by molar-refractivity contribution is 0.376. The molecule has 0 aromatic carbocycles. The molecule has 0 saturated heterocycles. The zero-order valence-electron chi connectivity index (χ0n) is 9.55. The lowest BCUT2D eigenvalue weighted by atomic mass is 10.1. The zero-order valence-corrected chi connectivity index (χ0v) is 9.55. The predicted molar refractivity (Wildman–Crippen MR) is 56.0 cm³/mol. The van der Waals surface area contributed by atoms with E-state index in [0.717, 1.165) is 5.69 Å². The molecule has 0 saturated carbocycles. The first-order chi connectivity index (χ1) is 5.82. The van der Waals surface area contributed by atoms with E-state index in [-0.39, 0.29) is 5.54 Å². The highest BCUT2D eigenvalue weighted by atomic mass is 15.1. The van der Waals surface area contributed by atoms with Gasteiger partial charge in [-0.25, -0.2) is 4.98 Å². The molecule has 0 N–H and O–H groups in total. The standard InChI is InChI=1S/C11H20N2/c1-8(2)10-12-9(3)7-13(10)11(4,5)6/h7-8H,1-6H3. The molecule has 1 aromatic heterocycles. The fourth-order valence-electron chi connectivity index (χ4n) is 1.46. The van der Waals surface area contributed by atoms with Crippen LogP contribution in [0.4, 0.5) is 0 Å². The number of aromatic nitrogens is 2. The molecule has 2 nitrogen and oxygen atoms in total. The number of aryl methyl sites for hydroxylation is 1. The monoisotopic (exact) mass is 180 g/mol. The quantitative estimate of drug-likeness (QED) is 0.649. The summed E-state index contributed by atoms with van der Waals surface area (Å²) in [6.07, 6.45) is 2.13. The van der Waals surface area contributed by atoms with Crippen LogP contribution in [0, 0.1) is 6.92 Å². The third-order valence-corrected chi connectivity index (χ3v) is 2.09. The van der Waals surface area contributed by atoms with E-state index in [9.17, 15) is 0 Å². The van der Waals surface area contributed by atoms with Gasteiger partial charge in [-0.1, -0.05) is 13.8 Å². The average Bonchev–Trinajstić information content (AvgIpc) is 2.29. The lowest BCUT2D eigenvalue weighted by Crippen LogP contribution is -2.23. The molecule has 0 bridgehead atoms. The molecule has 0 fully saturated rings. The zero-order chi connectivity index (χ0) is 10.2. The third kappa shape index (κ3) is 2.11. The van der Waals surface area contributed by atoms with Crippen LogP contribution in [0.1, 0.15) is 52.1 Å². The van der Waals surface area contributed by atoms with E-state index < -0.39 is 0 Å². The Bertz CT molecular complexity index is 290. The summed E-state index contributed by atoms with van der Waals surface area (Å²) < 4.78 is 2.27. The summed E-state index contributed by atoms with van der Waals surface area (Å²) in [7, 11) is 0. The van der Waals surface area contributed by atoms with Gasteiger partial charge in [0.1, 0.15) is 5.82 Å². The summed E-state index contributed by atoms with van der Waals surface area (Å²) in [5, 5.41) is 0. The maximum atomic E-state index is 4.54. The minimum atomic E-state index is 0.140. The minimum absolute atomic E-state index is 0.140. The molecular formula is C11H20N2. The van der Waals surface area contributed by atoms with Gasteiger partial charge in [-0.3, -0.25) is 0 Å². The van der Waals surface area contributed by atoms with Gasteiger partial charge in [-0.05, 0) is 27.7 Å². The molecule has 0 aliphatic carbocycles. The summed E-state index contributed by atoms with van der Waals surface area (Å²) in [5.74, 6) is 1.68. The summed E-state index contributed by atoms with van der Waals surface area (Å²) in [6.45, 7) is 13.0. The Morgan fingerprint density at radius 1 is 1.31 bits per heavy atom. The topological polar surface area (TPSA) is 17.8 Å². The third-order valence-electron chi connectivity index (χ3n) is 2.09. The normalized spacial score (nSPS) is 12.5. The molecule has 0 aliphatic rings. The van der Waals surface area contributed by atoms with Crippen molar-refractivity contribution in [2.75, 3.05) is 0 Å². The first-order valence-corrected chi connectivity index (χ1v) is 4.88. The van der Waals surface area contributed by atoms with Crippen molar-refractivity contribution in [3.05, 3.63) is 17.7 Å². The van der Waals surface area contributed by atoms with Crippen LogP contribution in [0.3, 0.4) is 0 Å². The SMILES string of the molecule is Cc1cn(C(C)(C)C)c(C(C)C)n1. The highest BCUT2D eigenvalue weighted by Gasteiger charge is 2.19. The molecular weight excluding hydrogens is 160 g/mol. The minimum Gasteiger partial charge on any atom is -0.329 e. The van der Waals surface area contributed by atoms with Crippen LogP contribution >= 0.6 is 0 Å². The van der Waals surface area contributed by atoms with Gasteiger partial charge in [0.05, 0.1) is 5.69 Å².